The summed E-state index contributed by atoms with van der Waals surface area (Å²) in [5, 5.41) is 14.7. The Bertz CT molecular complexity index is 1000. The lowest BCUT2D eigenvalue weighted by atomic mass is 9.97. The van der Waals surface area contributed by atoms with Gasteiger partial charge >= 0.3 is 0 Å². The molecule has 0 aromatic heterocycles. The van der Waals surface area contributed by atoms with Crippen molar-refractivity contribution in [3.05, 3.63) is 72.8 Å². The summed E-state index contributed by atoms with van der Waals surface area (Å²) in [4.78, 5) is 0. The molecule has 0 aliphatic carbocycles. The molecule has 106 valence electrons. The Morgan fingerprint density at radius 1 is 0.682 bits per heavy atom. The number of nitrogen functional groups attached to an aromatic ring is 1. The minimum absolute atomic E-state index is 0.321. The van der Waals surface area contributed by atoms with Gasteiger partial charge in [0.2, 0.25) is 0 Å². The Labute approximate surface area is 128 Å². The smallest absolute Gasteiger partial charge is 0.131 e. The van der Waals surface area contributed by atoms with Gasteiger partial charge in [0.25, 0.3) is 0 Å². The summed E-state index contributed by atoms with van der Waals surface area (Å²) >= 11 is 0. The van der Waals surface area contributed by atoms with Crippen LogP contribution in [0.25, 0.3) is 32.7 Å². The molecule has 4 aromatic rings. The summed E-state index contributed by atoms with van der Waals surface area (Å²) in [5.74, 6) is 0.321. The third-order valence-electron chi connectivity index (χ3n) is 4.08. The van der Waals surface area contributed by atoms with E-state index in [-0.39, 0.29) is 0 Å². The van der Waals surface area contributed by atoms with Crippen LogP contribution in [0, 0.1) is 0 Å². The van der Waals surface area contributed by atoms with Crippen molar-refractivity contribution in [2.75, 3.05) is 5.73 Å². The molecule has 0 aliphatic heterocycles. The van der Waals surface area contributed by atoms with Crippen LogP contribution in [0.3, 0.4) is 0 Å². The maximum atomic E-state index is 10.6. The predicted octanol–water partition coefficient (Wildman–Crippen LogP) is 4.95. The van der Waals surface area contributed by atoms with Crippen molar-refractivity contribution in [2.24, 2.45) is 0 Å². The second-order valence-corrected chi connectivity index (χ2v) is 5.50. The second-order valence-electron chi connectivity index (χ2n) is 5.50. The van der Waals surface area contributed by atoms with E-state index in [0.29, 0.717) is 5.75 Å². The van der Waals surface area contributed by atoms with Crippen LogP contribution in [0.15, 0.2) is 72.8 Å². The number of phenols is 1. The van der Waals surface area contributed by atoms with Gasteiger partial charge in [-0.3, -0.25) is 0 Å². The molecule has 4 aromatic carbocycles. The topological polar surface area (TPSA) is 46.2 Å². The maximum absolute atomic E-state index is 10.6. The van der Waals surface area contributed by atoms with E-state index in [1.54, 1.807) is 0 Å². The first kappa shape index (κ1) is 12.7. The first-order valence-corrected chi connectivity index (χ1v) is 7.23. The fourth-order valence-corrected chi connectivity index (χ4v) is 2.92. The molecule has 4 rings (SSSR count). The van der Waals surface area contributed by atoms with Gasteiger partial charge in [0.05, 0.1) is 0 Å². The summed E-state index contributed by atoms with van der Waals surface area (Å²) in [7, 11) is 0. The van der Waals surface area contributed by atoms with Crippen molar-refractivity contribution < 1.29 is 5.11 Å². The van der Waals surface area contributed by atoms with Gasteiger partial charge in [-0.2, -0.15) is 0 Å². The fraction of sp³-hybridized carbons (Fsp3) is 0. The number of aromatic hydroxyl groups is 1. The molecule has 2 heteroatoms. The SMILES string of the molecule is Nc1ccc2ccc(-c3ccc4ccccc4c3O)cc2c1. The van der Waals surface area contributed by atoms with Gasteiger partial charge in [-0.15, -0.1) is 0 Å². The number of benzene rings is 4. The molecule has 0 unspecified atom stereocenters. The molecule has 0 radical (unpaired) electrons. The van der Waals surface area contributed by atoms with Gasteiger partial charge < -0.3 is 10.8 Å². The molecule has 0 amide bonds. The molecule has 0 saturated carbocycles. The van der Waals surface area contributed by atoms with Crippen LogP contribution in [0.5, 0.6) is 5.75 Å². The minimum Gasteiger partial charge on any atom is -0.507 e. The number of anilines is 1. The van der Waals surface area contributed by atoms with E-state index in [4.69, 9.17) is 5.73 Å². The van der Waals surface area contributed by atoms with Crippen LogP contribution in [-0.2, 0) is 0 Å². The van der Waals surface area contributed by atoms with Crippen LogP contribution in [0.2, 0.25) is 0 Å². The highest BCUT2D eigenvalue weighted by atomic mass is 16.3. The van der Waals surface area contributed by atoms with Gasteiger partial charge in [-0.25, -0.2) is 0 Å². The van der Waals surface area contributed by atoms with E-state index in [1.807, 2.05) is 60.7 Å². The number of hydrogen-bond acceptors (Lipinski definition) is 2. The molecule has 0 saturated heterocycles. The Balaban J connectivity index is 1.96. The molecule has 0 aliphatic rings. The number of phenolic OH excluding ortho intramolecular Hbond substituents is 1. The largest absolute Gasteiger partial charge is 0.507 e. The quantitative estimate of drug-likeness (QED) is 0.486. The van der Waals surface area contributed by atoms with E-state index in [0.717, 1.165) is 38.4 Å². The van der Waals surface area contributed by atoms with Crippen molar-refractivity contribution in [1.29, 1.82) is 0 Å². The van der Waals surface area contributed by atoms with Gasteiger partial charge in [0.1, 0.15) is 5.75 Å². The molecular weight excluding hydrogens is 270 g/mol. The fourth-order valence-electron chi connectivity index (χ4n) is 2.92. The highest BCUT2D eigenvalue weighted by molar-refractivity contribution is 5.97. The molecule has 2 nitrogen and oxygen atoms in total. The lowest BCUT2D eigenvalue weighted by Gasteiger charge is -2.09. The van der Waals surface area contributed by atoms with E-state index < -0.39 is 0 Å². The summed E-state index contributed by atoms with van der Waals surface area (Å²) in [6.07, 6.45) is 0. The van der Waals surface area contributed by atoms with Crippen LogP contribution < -0.4 is 5.73 Å². The van der Waals surface area contributed by atoms with E-state index in [1.165, 1.54) is 0 Å². The molecule has 3 N–H and O–H groups in total. The molecule has 0 bridgehead atoms. The van der Waals surface area contributed by atoms with Gasteiger partial charge in [0, 0.05) is 16.6 Å². The van der Waals surface area contributed by atoms with Crippen molar-refractivity contribution >= 4 is 27.2 Å². The van der Waals surface area contributed by atoms with Gasteiger partial charge in [-0.05, 0) is 39.9 Å². The predicted molar refractivity (Wildman–Crippen MR) is 93.0 cm³/mol. The average Bonchev–Trinajstić information content (AvgIpc) is 2.55. The normalized spacial score (nSPS) is 11.1. The number of nitrogens with two attached hydrogens (primary N) is 1. The third kappa shape index (κ3) is 1.97. The van der Waals surface area contributed by atoms with Crippen LogP contribution in [0.1, 0.15) is 0 Å². The molecule has 22 heavy (non-hydrogen) atoms. The van der Waals surface area contributed by atoms with Crippen molar-refractivity contribution in [3.8, 4) is 16.9 Å². The second kappa shape index (κ2) is 4.78. The van der Waals surface area contributed by atoms with Crippen LogP contribution >= 0.6 is 0 Å². The number of hydrogen-bond donors (Lipinski definition) is 2. The van der Waals surface area contributed by atoms with E-state index >= 15 is 0 Å². The molecule has 0 atom stereocenters. The number of rotatable bonds is 1. The van der Waals surface area contributed by atoms with Gasteiger partial charge in [0.15, 0.2) is 0 Å². The summed E-state index contributed by atoms with van der Waals surface area (Å²) < 4.78 is 0. The van der Waals surface area contributed by atoms with Crippen molar-refractivity contribution in [2.45, 2.75) is 0 Å². The first-order chi connectivity index (χ1) is 10.7. The van der Waals surface area contributed by atoms with E-state index in [2.05, 4.69) is 12.1 Å². The maximum Gasteiger partial charge on any atom is 0.131 e. The summed E-state index contributed by atoms with van der Waals surface area (Å²) in [6.45, 7) is 0. The zero-order valence-corrected chi connectivity index (χ0v) is 12.0. The Hall–Kier alpha value is -3.00. The lowest BCUT2D eigenvalue weighted by Crippen LogP contribution is -1.85. The summed E-state index contributed by atoms with van der Waals surface area (Å²) in [5.41, 5.74) is 8.43. The lowest BCUT2D eigenvalue weighted by molar-refractivity contribution is 0.483. The average molecular weight is 285 g/mol. The minimum atomic E-state index is 0.321. The Morgan fingerprint density at radius 3 is 2.36 bits per heavy atom. The van der Waals surface area contributed by atoms with Gasteiger partial charge in [-0.1, -0.05) is 54.6 Å². The van der Waals surface area contributed by atoms with Crippen molar-refractivity contribution in [3.63, 3.8) is 0 Å². The Morgan fingerprint density at radius 2 is 1.45 bits per heavy atom. The zero-order chi connectivity index (χ0) is 15.1. The monoisotopic (exact) mass is 285 g/mol. The molecule has 0 fully saturated rings. The highest BCUT2D eigenvalue weighted by Gasteiger charge is 2.08. The third-order valence-corrected chi connectivity index (χ3v) is 4.08. The highest BCUT2D eigenvalue weighted by Crippen LogP contribution is 2.36. The molecule has 0 spiro atoms. The summed E-state index contributed by atoms with van der Waals surface area (Å²) in [6, 6.07) is 23.9. The van der Waals surface area contributed by atoms with E-state index in [9.17, 15) is 5.11 Å². The molecular formula is C20H15NO. The number of fused-ring (bicyclic) bond motifs is 2. The zero-order valence-electron chi connectivity index (χ0n) is 12.0. The first-order valence-electron chi connectivity index (χ1n) is 7.23. The molecule has 0 heterocycles. The van der Waals surface area contributed by atoms with Crippen molar-refractivity contribution in [1.82, 2.24) is 0 Å². The Kier molecular flexibility index (Phi) is 2.76. The van der Waals surface area contributed by atoms with Crippen LogP contribution in [0.4, 0.5) is 5.69 Å². The standard InChI is InChI=1S/C20H15NO/c21-17-9-7-13-5-6-15(11-16(13)12-17)19-10-8-14-3-1-2-4-18(14)20(19)22/h1-12,22H,21H2. The van der Waals surface area contributed by atoms with Crippen LogP contribution in [-0.4, -0.2) is 5.11 Å².